The molecule has 0 aliphatic heterocycles. The highest BCUT2D eigenvalue weighted by atomic mass is 32.2. The number of benzene rings is 1. The van der Waals surface area contributed by atoms with Crippen LogP contribution in [0.4, 0.5) is 8.78 Å². The molecule has 0 saturated heterocycles. The Morgan fingerprint density at radius 1 is 1.28 bits per heavy atom. The number of hydrogen-bond acceptors (Lipinski definition) is 4. The first-order valence-corrected chi connectivity index (χ1v) is 8.60. The summed E-state index contributed by atoms with van der Waals surface area (Å²) < 4.78 is 27.2. The first-order valence-electron chi connectivity index (χ1n) is 7.72. The summed E-state index contributed by atoms with van der Waals surface area (Å²) in [5.74, 6) is -2.37. The number of pyridine rings is 1. The largest absolute Gasteiger partial charge is 0.345 e. The van der Waals surface area contributed by atoms with E-state index in [9.17, 15) is 13.6 Å². The molecule has 0 radical (unpaired) electrons. The van der Waals surface area contributed by atoms with Crippen molar-refractivity contribution in [2.45, 2.75) is 30.8 Å². The molecule has 3 rings (SSSR count). The molecule has 1 N–H and O–H groups in total. The van der Waals surface area contributed by atoms with Gasteiger partial charge in [-0.15, -0.1) is 0 Å². The third-order valence-electron chi connectivity index (χ3n) is 3.67. The summed E-state index contributed by atoms with van der Waals surface area (Å²) in [5.41, 5.74) is 1.97. The van der Waals surface area contributed by atoms with Crippen LogP contribution in [0.3, 0.4) is 0 Å². The van der Waals surface area contributed by atoms with E-state index in [-0.39, 0.29) is 28.9 Å². The molecule has 0 aliphatic rings. The molecule has 0 spiro atoms. The fourth-order valence-electron chi connectivity index (χ4n) is 2.61. The smallest absolute Gasteiger partial charge is 0.290 e. The average Bonchev–Trinajstić information content (AvgIpc) is 2.97. The zero-order valence-electron chi connectivity index (χ0n) is 13.4. The van der Waals surface area contributed by atoms with Crippen molar-refractivity contribution in [1.82, 2.24) is 19.9 Å². The zero-order valence-corrected chi connectivity index (χ0v) is 14.3. The van der Waals surface area contributed by atoms with Crippen molar-refractivity contribution in [3.63, 3.8) is 0 Å². The van der Waals surface area contributed by atoms with Crippen molar-refractivity contribution < 1.29 is 13.6 Å². The van der Waals surface area contributed by atoms with Gasteiger partial charge in [-0.05, 0) is 43.0 Å². The minimum absolute atomic E-state index is 0.0130. The minimum Gasteiger partial charge on any atom is -0.345 e. The number of alkyl halides is 2. The van der Waals surface area contributed by atoms with Crippen LogP contribution >= 0.6 is 11.8 Å². The third-order valence-corrected chi connectivity index (χ3v) is 4.40. The van der Waals surface area contributed by atoms with Crippen LogP contribution in [-0.4, -0.2) is 26.2 Å². The number of carbonyl (C=O) groups excluding carboxylic acids is 1. The first kappa shape index (κ1) is 17.3. The maximum Gasteiger partial charge on any atom is 0.290 e. The first-order chi connectivity index (χ1) is 12.1. The Balaban J connectivity index is 1.79. The average molecular weight is 362 g/mol. The van der Waals surface area contributed by atoms with E-state index >= 15 is 0 Å². The molecule has 0 saturated carbocycles. The van der Waals surface area contributed by atoms with Crippen LogP contribution in [-0.2, 0) is 13.1 Å². The van der Waals surface area contributed by atoms with E-state index in [2.05, 4.69) is 15.3 Å². The van der Waals surface area contributed by atoms with E-state index < -0.39 is 11.7 Å². The van der Waals surface area contributed by atoms with Crippen LogP contribution < -0.4 is 5.32 Å². The third kappa shape index (κ3) is 3.79. The van der Waals surface area contributed by atoms with Crippen LogP contribution in [0.5, 0.6) is 0 Å². The van der Waals surface area contributed by atoms with Crippen LogP contribution in [0.25, 0.3) is 11.0 Å². The summed E-state index contributed by atoms with van der Waals surface area (Å²) >= 11 is 0.260. The van der Waals surface area contributed by atoms with Gasteiger partial charge in [-0.1, -0.05) is 12.1 Å². The number of thioether (sulfide) groups is 1. The Hall–Kier alpha value is -2.48. The molecule has 2 aromatic heterocycles. The Labute approximate surface area is 147 Å². The van der Waals surface area contributed by atoms with Crippen LogP contribution in [0.15, 0.2) is 47.6 Å². The SMILES string of the molecule is CCn1c(CNC(=O)c2cccnc2SC(F)F)nc2ccccc21. The molecule has 0 atom stereocenters. The molecule has 0 unspecified atom stereocenters. The normalized spacial score (nSPS) is 11.2. The number of aromatic nitrogens is 3. The molecule has 1 amide bonds. The molecule has 25 heavy (non-hydrogen) atoms. The molecule has 1 aromatic carbocycles. The maximum atomic E-state index is 12.6. The number of para-hydroxylation sites is 2. The summed E-state index contributed by atoms with van der Waals surface area (Å²) in [6.07, 6.45) is 1.39. The van der Waals surface area contributed by atoms with Gasteiger partial charge in [0.05, 0.1) is 23.1 Å². The van der Waals surface area contributed by atoms with E-state index in [1.165, 1.54) is 12.3 Å². The Morgan fingerprint density at radius 2 is 2.08 bits per heavy atom. The number of hydrogen-bond donors (Lipinski definition) is 1. The van der Waals surface area contributed by atoms with E-state index in [0.29, 0.717) is 12.4 Å². The summed E-state index contributed by atoms with van der Waals surface area (Å²) in [5, 5.41) is 2.76. The van der Waals surface area contributed by atoms with Crippen molar-refractivity contribution in [2.24, 2.45) is 0 Å². The second-order valence-corrected chi connectivity index (χ2v) is 6.16. The fourth-order valence-corrected chi connectivity index (χ4v) is 3.19. The van der Waals surface area contributed by atoms with Gasteiger partial charge in [0.25, 0.3) is 11.7 Å². The van der Waals surface area contributed by atoms with Gasteiger partial charge in [-0.3, -0.25) is 4.79 Å². The van der Waals surface area contributed by atoms with Crippen molar-refractivity contribution in [3.05, 3.63) is 54.0 Å². The molecule has 0 aliphatic carbocycles. The van der Waals surface area contributed by atoms with Crippen LogP contribution in [0, 0.1) is 0 Å². The number of halogens is 2. The molecule has 0 fully saturated rings. The lowest BCUT2D eigenvalue weighted by molar-refractivity contribution is 0.0946. The lowest BCUT2D eigenvalue weighted by Crippen LogP contribution is -2.25. The molecule has 3 aromatic rings. The predicted octanol–water partition coefficient (Wildman–Crippen LogP) is 3.70. The zero-order chi connectivity index (χ0) is 17.8. The molecule has 5 nitrogen and oxygen atoms in total. The molecule has 0 bridgehead atoms. The number of imidazole rings is 1. The summed E-state index contributed by atoms with van der Waals surface area (Å²) in [7, 11) is 0. The highest BCUT2D eigenvalue weighted by molar-refractivity contribution is 7.99. The number of nitrogens with zero attached hydrogens (tertiary/aromatic N) is 3. The summed E-state index contributed by atoms with van der Waals surface area (Å²) in [6.45, 7) is 2.91. The van der Waals surface area contributed by atoms with Gasteiger partial charge >= 0.3 is 0 Å². The molecule has 8 heteroatoms. The van der Waals surface area contributed by atoms with Gasteiger partial charge in [0.15, 0.2) is 0 Å². The number of aryl methyl sites for hydroxylation is 1. The number of nitrogens with one attached hydrogen (secondary N) is 1. The van der Waals surface area contributed by atoms with E-state index in [4.69, 9.17) is 0 Å². The van der Waals surface area contributed by atoms with Gasteiger partial charge < -0.3 is 9.88 Å². The van der Waals surface area contributed by atoms with Crippen LogP contribution in [0.2, 0.25) is 0 Å². The van der Waals surface area contributed by atoms with Crippen LogP contribution in [0.1, 0.15) is 23.1 Å². The van der Waals surface area contributed by atoms with Gasteiger partial charge in [0.1, 0.15) is 10.9 Å². The highest BCUT2D eigenvalue weighted by Gasteiger charge is 2.17. The lowest BCUT2D eigenvalue weighted by Gasteiger charge is -2.10. The number of rotatable bonds is 6. The number of amides is 1. The van der Waals surface area contributed by atoms with Crippen molar-refractivity contribution in [3.8, 4) is 0 Å². The predicted molar refractivity (Wildman–Crippen MR) is 92.7 cm³/mol. The molecular formula is C17H16F2N4OS. The monoisotopic (exact) mass is 362 g/mol. The van der Waals surface area contributed by atoms with Gasteiger partial charge in [-0.25, -0.2) is 9.97 Å². The molecule has 2 heterocycles. The van der Waals surface area contributed by atoms with Gasteiger partial charge in [0, 0.05) is 12.7 Å². The Morgan fingerprint density at radius 3 is 2.84 bits per heavy atom. The van der Waals surface area contributed by atoms with E-state index in [0.717, 1.165) is 11.0 Å². The second kappa shape index (κ2) is 7.60. The highest BCUT2D eigenvalue weighted by Crippen LogP contribution is 2.26. The lowest BCUT2D eigenvalue weighted by atomic mass is 10.2. The number of fused-ring (bicyclic) bond motifs is 1. The maximum absolute atomic E-state index is 12.6. The topological polar surface area (TPSA) is 59.8 Å². The fraction of sp³-hybridized carbons (Fsp3) is 0.235. The summed E-state index contributed by atoms with van der Waals surface area (Å²) in [6, 6.07) is 10.7. The second-order valence-electron chi connectivity index (χ2n) is 5.18. The van der Waals surface area contributed by atoms with Crippen molar-refractivity contribution >= 4 is 28.7 Å². The summed E-state index contributed by atoms with van der Waals surface area (Å²) in [4.78, 5) is 20.8. The van der Waals surface area contributed by atoms with Gasteiger partial charge in [0.2, 0.25) is 0 Å². The van der Waals surface area contributed by atoms with Gasteiger partial charge in [-0.2, -0.15) is 8.78 Å². The Bertz CT molecular complexity index is 897. The standard InChI is InChI=1S/C17H16F2N4OS/c1-2-23-13-8-4-3-7-12(13)22-14(23)10-21-15(24)11-6-5-9-20-16(11)25-17(18)19/h3-9,17H,2,10H2,1H3,(H,21,24). The molecular weight excluding hydrogens is 346 g/mol. The minimum atomic E-state index is -2.63. The van der Waals surface area contributed by atoms with E-state index in [1.54, 1.807) is 6.07 Å². The Kier molecular flexibility index (Phi) is 5.28. The van der Waals surface area contributed by atoms with E-state index in [1.807, 2.05) is 35.8 Å². The van der Waals surface area contributed by atoms with Crippen molar-refractivity contribution in [1.29, 1.82) is 0 Å². The quantitative estimate of drug-likeness (QED) is 0.680. The van der Waals surface area contributed by atoms with Crippen molar-refractivity contribution in [2.75, 3.05) is 0 Å². The number of carbonyl (C=O) groups is 1. The molecule has 130 valence electrons.